The highest BCUT2D eigenvalue weighted by Crippen LogP contribution is 2.22. The monoisotopic (exact) mass is 324 g/mol. The number of carboxylic acid groups (broad SMARTS) is 1. The van der Waals surface area contributed by atoms with Gasteiger partial charge in [-0.2, -0.15) is 0 Å². The molecule has 0 aliphatic carbocycles. The first-order valence-corrected chi connectivity index (χ1v) is 7.80. The Balaban J connectivity index is 1.95. The van der Waals surface area contributed by atoms with Crippen LogP contribution in [-0.2, 0) is 16.1 Å². The molecule has 2 rings (SSSR count). The number of aliphatic carboxylic acids is 1. The fraction of sp³-hybridized carbons (Fsp3) is 0.500. The van der Waals surface area contributed by atoms with Crippen LogP contribution in [0.2, 0.25) is 5.02 Å². The summed E-state index contributed by atoms with van der Waals surface area (Å²) >= 11 is 5.89. The second-order valence-electron chi connectivity index (χ2n) is 5.66. The van der Waals surface area contributed by atoms with Crippen molar-refractivity contribution in [3.8, 4) is 0 Å². The summed E-state index contributed by atoms with van der Waals surface area (Å²) in [6.45, 7) is 1.84. The van der Waals surface area contributed by atoms with Crippen LogP contribution in [0.3, 0.4) is 0 Å². The Morgan fingerprint density at radius 3 is 2.68 bits per heavy atom. The second kappa shape index (κ2) is 7.61. The Morgan fingerprint density at radius 1 is 1.36 bits per heavy atom. The number of carbonyl (C=O) groups excluding carboxylic acids is 1. The predicted molar refractivity (Wildman–Crippen MR) is 84.8 cm³/mol. The molecule has 1 amide bonds. The van der Waals surface area contributed by atoms with Crippen LogP contribution in [0.15, 0.2) is 24.3 Å². The van der Waals surface area contributed by atoms with Gasteiger partial charge in [0.25, 0.3) is 0 Å². The Labute approximate surface area is 135 Å². The van der Waals surface area contributed by atoms with Gasteiger partial charge in [-0.15, -0.1) is 0 Å². The van der Waals surface area contributed by atoms with Crippen molar-refractivity contribution >= 4 is 23.5 Å². The molecule has 1 saturated heterocycles. The molecule has 1 atom stereocenters. The Morgan fingerprint density at radius 2 is 2.05 bits per heavy atom. The minimum atomic E-state index is -0.885. The number of likely N-dealkylation sites (tertiary alicyclic amines) is 1. The fourth-order valence-electron chi connectivity index (χ4n) is 2.75. The van der Waals surface area contributed by atoms with Crippen LogP contribution in [0, 0.1) is 0 Å². The van der Waals surface area contributed by atoms with Gasteiger partial charge < -0.3 is 10.0 Å². The Bertz CT molecular complexity index is 533. The van der Waals surface area contributed by atoms with E-state index in [-0.39, 0.29) is 24.9 Å². The summed E-state index contributed by atoms with van der Waals surface area (Å²) in [7, 11) is 1.67. The SMILES string of the molecule is CN(CCC(=O)O)C(=O)C1CCCN1Cc1ccc(Cl)cc1. The lowest BCUT2D eigenvalue weighted by Gasteiger charge is -2.27. The summed E-state index contributed by atoms with van der Waals surface area (Å²) in [6, 6.07) is 7.48. The van der Waals surface area contributed by atoms with Crippen molar-refractivity contribution in [1.82, 2.24) is 9.80 Å². The zero-order chi connectivity index (χ0) is 16.1. The van der Waals surface area contributed by atoms with Gasteiger partial charge in [0.05, 0.1) is 12.5 Å². The van der Waals surface area contributed by atoms with E-state index in [4.69, 9.17) is 16.7 Å². The molecular weight excluding hydrogens is 304 g/mol. The molecule has 120 valence electrons. The van der Waals surface area contributed by atoms with Crippen LogP contribution in [0.25, 0.3) is 0 Å². The number of halogens is 1. The van der Waals surface area contributed by atoms with E-state index in [0.29, 0.717) is 11.6 Å². The molecule has 1 fully saturated rings. The van der Waals surface area contributed by atoms with Gasteiger partial charge in [-0.25, -0.2) is 0 Å². The summed E-state index contributed by atoms with van der Waals surface area (Å²) in [5, 5.41) is 9.42. The van der Waals surface area contributed by atoms with E-state index in [0.717, 1.165) is 24.9 Å². The first-order chi connectivity index (χ1) is 10.5. The molecule has 0 spiro atoms. The third-order valence-electron chi connectivity index (χ3n) is 3.98. The van der Waals surface area contributed by atoms with Crippen LogP contribution in [0.5, 0.6) is 0 Å². The number of carbonyl (C=O) groups is 2. The van der Waals surface area contributed by atoms with E-state index in [9.17, 15) is 9.59 Å². The molecule has 1 aliphatic rings. The summed E-state index contributed by atoms with van der Waals surface area (Å²) in [5.41, 5.74) is 1.12. The zero-order valence-electron chi connectivity index (χ0n) is 12.7. The molecule has 1 unspecified atom stereocenters. The zero-order valence-corrected chi connectivity index (χ0v) is 13.4. The minimum absolute atomic E-state index is 0.00714. The number of nitrogens with zero attached hydrogens (tertiary/aromatic N) is 2. The van der Waals surface area contributed by atoms with E-state index in [1.165, 1.54) is 4.90 Å². The van der Waals surface area contributed by atoms with Crippen molar-refractivity contribution in [2.24, 2.45) is 0 Å². The number of rotatable bonds is 6. The maximum absolute atomic E-state index is 12.5. The normalized spacial score (nSPS) is 18.4. The Kier molecular flexibility index (Phi) is 5.80. The van der Waals surface area contributed by atoms with Crippen LogP contribution in [0.4, 0.5) is 0 Å². The maximum atomic E-state index is 12.5. The van der Waals surface area contributed by atoms with Crippen LogP contribution in [-0.4, -0.2) is 53.0 Å². The molecule has 6 heteroatoms. The molecule has 0 radical (unpaired) electrons. The maximum Gasteiger partial charge on any atom is 0.305 e. The molecule has 1 heterocycles. The summed E-state index contributed by atoms with van der Waals surface area (Å²) in [6.07, 6.45) is 1.78. The standard InChI is InChI=1S/C16H21ClN2O3/c1-18(10-8-15(20)21)16(22)14-3-2-9-19(14)11-12-4-6-13(17)7-5-12/h4-7,14H,2-3,8-11H2,1H3,(H,20,21). The van der Waals surface area contributed by atoms with Crippen LogP contribution >= 0.6 is 11.6 Å². The largest absolute Gasteiger partial charge is 0.481 e. The Hall–Kier alpha value is -1.59. The van der Waals surface area contributed by atoms with E-state index in [2.05, 4.69) is 4.90 Å². The molecule has 1 N–H and O–H groups in total. The third-order valence-corrected chi connectivity index (χ3v) is 4.24. The van der Waals surface area contributed by atoms with Crippen molar-refractivity contribution in [2.75, 3.05) is 20.1 Å². The molecule has 5 nitrogen and oxygen atoms in total. The van der Waals surface area contributed by atoms with Gasteiger partial charge in [-0.05, 0) is 37.1 Å². The molecule has 0 bridgehead atoms. The molecule has 1 aromatic rings. The van der Waals surface area contributed by atoms with Crippen molar-refractivity contribution in [3.63, 3.8) is 0 Å². The number of benzene rings is 1. The smallest absolute Gasteiger partial charge is 0.305 e. The van der Waals surface area contributed by atoms with Gasteiger partial charge in [0.1, 0.15) is 0 Å². The highest BCUT2D eigenvalue weighted by Gasteiger charge is 2.32. The first kappa shape index (κ1) is 16.8. The minimum Gasteiger partial charge on any atom is -0.481 e. The van der Waals surface area contributed by atoms with Gasteiger partial charge in [-0.3, -0.25) is 14.5 Å². The van der Waals surface area contributed by atoms with Gasteiger partial charge in [-0.1, -0.05) is 23.7 Å². The number of carboxylic acids is 1. The summed E-state index contributed by atoms with van der Waals surface area (Å²) < 4.78 is 0. The van der Waals surface area contributed by atoms with Gasteiger partial charge >= 0.3 is 5.97 Å². The summed E-state index contributed by atoms with van der Waals surface area (Å²) in [5.74, 6) is -0.878. The lowest BCUT2D eigenvalue weighted by Crippen LogP contribution is -2.44. The number of likely N-dealkylation sites (N-methyl/N-ethyl adjacent to an activating group) is 1. The van der Waals surface area contributed by atoms with Crippen LogP contribution in [0.1, 0.15) is 24.8 Å². The number of hydrogen-bond donors (Lipinski definition) is 1. The molecule has 0 saturated carbocycles. The first-order valence-electron chi connectivity index (χ1n) is 7.42. The van der Waals surface area contributed by atoms with Gasteiger partial charge in [0.15, 0.2) is 0 Å². The van der Waals surface area contributed by atoms with Crippen molar-refractivity contribution in [2.45, 2.75) is 31.8 Å². The molecule has 22 heavy (non-hydrogen) atoms. The highest BCUT2D eigenvalue weighted by molar-refractivity contribution is 6.30. The van der Waals surface area contributed by atoms with Crippen molar-refractivity contribution in [3.05, 3.63) is 34.9 Å². The van der Waals surface area contributed by atoms with Gasteiger partial charge in [0.2, 0.25) is 5.91 Å². The van der Waals surface area contributed by atoms with E-state index in [1.54, 1.807) is 7.05 Å². The highest BCUT2D eigenvalue weighted by atomic mass is 35.5. The van der Waals surface area contributed by atoms with Gasteiger partial charge in [0, 0.05) is 25.2 Å². The average molecular weight is 325 g/mol. The lowest BCUT2D eigenvalue weighted by molar-refractivity contribution is -0.139. The van der Waals surface area contributed by atoms with E-state index < -0.39 is 5.97 Å². The lowest BCUT2D eigenvalue weighted by atomic mass is 10.1. The molecule has 0 aromatic heterocycles. The quantitative estimate of drug-likeness (QED) is 0.871. The number of hydrogen-bond acceptors (Lipinski definition) is 3. The molecular formula is C16H21ClN2O3. The topological polar surface area (TPSA) is 60.9 Å². The van der Waals surface area contributed by atoms with Crippen molar-refractivity contribution < 1.29 is 14.7 Å². The molecule has 1 aromatic carbocycles. The molecule has 1 aliphatic heterocycles. The fourth-order valence-corrected chi connectivity index (χ4v) is 2.87. The average Bonchev–Trinajstić information content (AvgIpc) is 2.94. The van der Waals surface area contributed by atoms with Crippen molar-refractivity contribution in [1.29, 1.82) is 0 Å². The van der Waals surface area contributed by atoms with E-state index >= 15 is 0 Å². The third kappa shape index (κ3) is 4.45. The number of amides is 1. The predicted octanol–water partition coefficient (Wildman–Crippen LogP) is 2.24. The second-order valence-corrected chi connectivity index (χ2v) is 6.09. The van der Waals surface area contributed by atoms with E-state index in [1.807, 2.05) is 24.3 Å². The summed E-state index contributed by atoms with van der Waals surface area (Å²) in [4.78, 5) is 26.8. The van der Waals surface area contributed by atoms with Crippen LogP contribution < -0.4 is 0 Å².